The minimum absolute atomic E-state index is 0.228. The molecule has 0 bridgehead atoms. The van der Waals surface area contributed by atoms with Crippen LogP contribution in [-0.2, 0) is 6.54 Å². The van der Waals surface area contributed by atoms with Gasteiger partial charge < -0.3 is 5.32 Å². The lowest BCUT2D eigenvalue weighted by Crippen LogP contribution is -1.99. The zero-order chi connectivity index (χ0) is 9.80. The summed E-state index contributed by atoms with van der Waals surface area (Å²) in [5, 5.41) is 5.06. The third-order valence-electron chi connectivity index (χ3n) is 1.78. The van der Waals surface area contributed by atoms with E-state index in [0.717, 1.165) is 11.4 Å². The van der Waals surface area contributed by atoms with Gasteiger partial charge in [0, 0.05) is 11.1 Å². The van der Waals surface area contributed by atoms with E-state index in [0.29, 0.717) is 6.54 Å². The SMILES string of the molecule is Fc1cccc(NCc2cscn2)c1. The van der Waals surface area contributed by atoms with E-state index in [2.05, 4.69) is 10.3 Å². The smallest absolute Gasteiger partial charge is 0.125 e. The lowest BCUT2D eigenvalue weighted by Gasteiger charge is -2.03. The molecule has 0 atom stereocenters. The molecule has 0 saturated heterocycles. The first-order chi connectivity index (χ1) is 6.84. The van der Waals surface area contributed by atoms with E-state index in [1.807, 2.05) is 11.4 Å². The molecule has 1 heterocycles. The number of hydrogen-bond donors (Lipinski definition) is 1. The molecule has 0 radical (unpaired) electrons. The van der Waals surface area contributed by atoms with Crippen LogP contribution < -0.4 is 5.32 Å². The Bertz CT molecular complexity index is 400. The molecule has 4 heteroatoms. The van der Waals surface area contributed by atoms with Crippen LogP contribution in [0.2, 0.25) is 0 Å². The summed E-state index contributed by atoms with van der Waals surface area (Å²) in [7, 11) is 0. The highest BCUT2D eigenvalue weighted by Gasteiger charge is 1.96. The Labute approximate surface area is 85.4 Å². The van der Waals surface area contributed by atoms with Gasteiger partial charge in [-0.2, -0.15) is 0 Å². The molecule has 1 N–H and O–H groups in total. The molecule has 72 valence electrons. The van der Waals surface area contributed by atoms with Gasteiger partial charge in [0.25, 0.3) is 0 Å². The number of nitrogens with zero attached hydrogens (tertiary/aromatic N) is 1. The van der Waals surface area contributed by atoms with E-state index in [-0.39, 0.29) is 5.82 Å². The highest BCUT2D eigenvalue weighted by molar-refractivity contribution is 7.07. The van der Waals surface area contributed by atoms with Crippen LogP contribution in [0.3, 0.4) is 0 Å². The van der Waals surface area contributed by atoms with Crippen molar-refractivity contribution in [2.45, 2.75) is 6.54 Å². The van der Waals surface area contributed by atoms with Crippen molar-refractivity contribution in [2.24, 2.45) is 0 Å². The fourth-order valence-electron chi connectivity index (χ4n) is 1.12. The van der Waals surface area contributed by atoms with Crippen LogP contribution in [0.1, 0.15) is 5.69 Å². The summed E-state index contributed by atoms with van der Waals surface area (Å²) in [6.45, 7) is 0.632. The van der Waals surface area contributed by atoms with Gasteiger partial charge in [-0.1, -0.05) is 6.07 Å². The number of hydrogen-bond acceptors (Lipinski definition) is 3. The van der Waals surface area contributed by atoms with Crippen molar-refractivity contribution in [1.82, 2.24) is 4.98 Å². The minimum atomic E-state index is -0.228. The number of nitrogens with one attached hydrogen (secondary N) is 1. The monoisotopic (exact) mass is 208 g/mol. The maximum Gasteiger partial charge on any atom is 0.125 e. The van der Waals surface area contributed by atoms with Gasteiger partial charge in [0.2, 0.25) is 0 Å². The summed E-state index contributed by atoms with van der Waals surface area (Å²) in [6.07, 6.45) is 0. The van der Waals surface area contributed by atoms with Gasteiger partial charge in [-0.15, -0.1) is 11.3 Å². The summed E-state index contributed by atoms with van der Waals surface area (Å²) >= 11 is 1.55. The number of benzene rings is 1. The van der Waals surface area contributed by atoms with Crippen LogP contribution in [0.4, 0.5) is 10.1 Å². The quantitative estimate of drug-likeness (QED) is 0.838. The lowest BCUT2D eigenvalue weighted by molar-refractivity contribution is 0.628. The summed E-state index contributed by atoms with van der Waals surface area (Å²) in [6, 6.07) is 6.40. The van der Waals surface area contributed by atoms with Gasteiger partial charge in [-0.25, -0.2) is 9.37 Å². The summed E-state index contributed by atoms with van der Waals surface area (Å²) < 4.78 is 12.8. The summed E-state index contributed by atoms with van der Waals surface area (Å²) in [5.41, 5.74) is 3.53. The minimum Gasteiger partial charge on any atom is -0.379 e. The van der Waals surface area contributed by atoms with Crippen molar-refractivity contribution < 1.29 is 4.39 Å². The highest BCUT2D eigenvalue weighted by Crippen LogP contribution is 2.10. The van der Waals surface area contributed by atoms with Crippen molar-refractivity contribution in [3.63, 3.8) is 0 Å². The maximum absolute atomic E-state index is 12.8. The van der Waals surface area contributed by atoms with Crippen LogP contribution in [0, 0.1) is 5.82 Å². The van der Waals surface area contributed by atoms with Crippen LogP contribution in [0.5, 0.6) is 0 Å². The van der Waals surface area contributed by atoms with E-state index in [1.165, 1.54) is 12.1 Å². The van der Waals surface area contributed by atoms with Crippen molar-refractivity contribution >= 4 is 17.0 Å². The first-order valence-electron chi connectivity index (χ1n) is 4.21. The fraction of sp³-hybridized carbons (Fsp3) is 0.100. The van der Waals surface area contributed by atoms with Crippen LogP contribution in [0.25, 0.3) is 0 Å². The van der Waals surface area contributed by atoms with Gasteiger partial charge in [0.1, 0.15) is 5.82 Å². The van der Waals surface area contributed by atoms with Crippen molar-refractivity contribution in [3.05, 3.63) is 46.7 Å². The number of halogens is 1. The number of anilines is 1. The normalized spacial score (nSPS) is 10.1. The third-order valence-corrected chi connectivity index (χ3v) is 2.42. The molecule has 0 unspecified atom stereocenters. The Morgan fingerprint density at radius 3 is 3.07 bits per heavy atom. The first-order valence-corrected chi connectivity index (χ1v) is 5.15. The van der Waals surface area contributed by atoms with E-state index >= 15 is 0 Å². The molecule has 0 aliphatic rings. The first kappa shape index (κ1) is 9.15. The molecular formula is C10H9FN2S. The Kier molecular flexibility index (Phi) is 2.74. The van der Waals surface area contributed by atoms with E-state index < -0.39 is 0 Å². The Hall–Kier alpha value is -1.42. The third kappa shape index (κ3) is 2.29. The highest BCUT2D eigenvalue weighted by atomic mass is 32.1. The van der Waals surface area contributed by atoms with E-state index in [1.54, 1.807) is 22.9 Å². The topological polar surface area (TPSA) is 24.9 Å². The zero-order valence-corrected chi connectivity index (χ0v) is 8.22. The molecule has 0 aliphatic heterocycles. The van der Waals surface area contributed by atoms with Crippen molar-refractivity contribution in [3.8, 4) is 0 Å². The second kappa shape index (κ2) is 4.19. The number of rotatable bonds is 3. The standard InChI is InChI=1S/C10H9FN2S/c11-8-2-1-3-9(4-8)12-5-10-6-14-7-13-10/h1-4,6-7,12H,5H2. The van der Waals surface area contributed by atoms with Gasteiger partial charge in [0.15, 0.2) is 0 Å². The second-order valence-corrected chi connectivity index (χ2v) is 3.56. The molecule has 1 aromatic heterocycles. The Morgan fingerprint density at radius 1 is 1.43 bits per heavy atom. The van der Waals surface area contributed by atoms with Crippen LogP contribution >= 0.6 is 11.3 Å². The second-order valence-electron chi connectivity index (χ2n) is 2.84. The van der Waals surface area contributed by atoms with E-state index in [9.17, 15) is 4.39 Å². The van der Waals surface area contributed by atoms with Crippen LogP contribution in [-0.4, -0.2) is 4.98 Å². The average molecular weight is 208 g/mol. The fourth-order valence-corrected chi connectivity index (χ4v) is 1.67. The predicted molar refractivity (Wildman–Crippen MR) is 55.8 cm³/mol. The number of thiazole rings is 1. The van der Waals surface area contributed by atoms with E-state index in [4.69, 9.17) is 0 Å². The molecule has 2 nitrogen and oxygen atoms in total. The van der Waals surface area contributed by atoms with Gasteiger partial charge in [-0.05, 0) is 18.2 Å². The molecule has 0 aliphatic carbocycles. The Balaban J connectivity index is 1.98. The molecule has 0 amide bonds. The molecule has 2 rings (SSSR count). The van der Waals surface area contributed by atoms with Gasteiger partial charge >= 0.3 is 0 Å². The molecule has 0 spiro atoms. The zero-order valence-electron chi connectivity index (χ0n) is 7.40. The molecule has 0 fully saturated rings. The Morgan fingerprint density at radius 2 is 2.36 bits per heavy atom. The predicted octanol–water partition coefficient (Wildman–Crippen LogP) is 2.89. The van der Waals surface area contributed by atoms with Crippen LogP contribution in [0.15, 0.2) is 35.2 Å². The maximum atomic E-state index is 12.8. The average Bonchev–Trinajstić information content (AvgIpc) is 2.67. The molecule has 14 heavy (non-hydrogen) atoms. The molecule has 2 aromatic rings. The van der Waals surface area contributed by atoms with Gasteiger partial charge in [0.05, 0.1) is 17.7 Å². The largest absolute Gasteiger partial charge is 0.379 e. The molecular weight excluding hydrogens is 199 g/mol. The van der Waals surface area contributed by atoms with Crippen molar-refractivity contribution in [2.75, 3.05) is 5.32 Å². The lowest BCUT2D eigenvalue weighted by atomic mass is 10.3. The summed E-state index contributed by atoms with van der Waals surface area (Å²) in [5.74, 6) is -0.228. The molecule has 0 saturated carbocycles. The summed E-state index contributed by atoms with van der Waals surface area (Å²) in [4.78, 5) is 4.12. The van der Waals surface area contributed by atoms with Gasteiger partial charge in [-0.3, -0.25) is 0 Å². The van der Waals surface area contributed by atoms with Crippen molar-refractivity contribution in [1.29, 1.82) is 0 Å². The number of aromatic nitrogens is 1. The molecule has 1 aromatic carbocycles.